The maximum atomic E-state index is 6.11. The van der Waals surface area contributed by atoms with E-state index >= 15 is 0 Å². The van der Waals surface area contributed by atoms with Gasteiger partial charge in [0.2, 0.25) is 0 Å². The summed E-state index contributed by atoms with van der Waals surface area (Å²) in [5.41, 5.74) is 5.34. The van der Waals surface area contributed by atoms with Crippen molar-refractivity contribution in [2.24, 2.45) is 11.3 Å². The molecule has 2 aromatic carbocycles. The van der Waals surface area contributed by atoms with E-state index < -0.39 is 0 Å². The molecule has 1 nitrogen and oxygen atoms in total. The van der Waals surface area contributed by atoms with Gasteiger partial charge in [-0.05, 0) is 53.2 Å². The topological polar surface area (TPSA) is 9.23 Å². The molecule has 0 saturated carbocycles. The molecule has 0 amide bonds. The van der Waals surface area contributed by atoms with Gasteiger partial charge in [0.15, 0.2) is 0 Å². The summed E-state index contributed by atoms with van der Waals surface area (Å²) in [6.45, 7) is 8.68. The van der Waals surface area contributed by atoms with Crippen LogP contribution in [0.25, 0.3) is 0 Å². The number of allylic oxidation sites excluding steroid dienone is 6. The average molecular weight is 341 g/mol. The van der Waals surface area contributed by atoms with Crippen LogP contribution in [-0.4, -0.2) is 0 Å². The molecule has 2 bridgehead atoms. The Hall–Kier alpha value is -2.54. The van der Waals surface area contributed by atoms with E-state index in [-0.39, 0.29) is 11.5 Å². The van der Waals surface area contributed by atoms with Gasteiger partial charge in [0, 0.05) is 0 Å². The SMILES string of the molecule is [CH2-]C(C)C1(Cc2ccc(OC(C)c3ccccc3)cc2)C2=CC=C1C=C2. The van der Waals surface area contributed by atoms with Crippen molar-refractivity contribution in [2.45, 2.75) is 26.4 Å². The molecule has 2 aliphatic rings. The Balaban J connectivity index is 1.49. The van der Waals surface area contributed by atoms with Crippen LogP contribution in [0.1, 0.15) is 31.1 Å². The van der Waals surface area contributed by atoms with Crippen LogP contribution < -0.4 is 4.74 Å². The molecule has 0 spiro atoms. The van der Waals surface area contributed by atoms with Crippen molar-refractivity contribution in [3.05, 3.63) is 108 Å². The van der Waals surface area contributed by atoms with Crippen molar-refractivity contribution < 1.29 is 4.74 Å². The van der Waals surface area contributed by atoms with Crippen molar-refractivity contribution in [3.8, 4) is 5.75 Å². The number of ether oxygens (including phenoxy) is 1. The zero-order chi connectivity index (χ0) is 18.1. The first-order valence-electron chi connectivity index (χ1n) is 9.34. The third-order valence-electron chi connectivity index (χ3n) is 5.74. The lowest BCUT2D eigenvalue weighted by atomic mass is 9.68. The molecule has 1 heteroatoms. The molecule has 0 fully saturated rings. The predicted molar refractivity (Wildman–Crippen MR) is 108 cm³/mol. The minimum atomic E-state index is 0.0402. The minimum absolute atomic E-state index is 0.0402. The van der Waals surface area contributed by atoms with E-state index in [1.54, 1.807) is 0 Å². The van der Waals surface area contributed by atoms with E-state index in [4.69, 9.17) is 4.74 Å². The highest BCUT2D eigenvalue weighted by atomic mass is 16.5. The molecular weight excluding hydrogens is 316 g/mol. The second kappa shape index (κ2) is 6.64. The van der Waals surface area contributed by atoms with Crippen LogP contribution in [0.3, 0.4) is 0 Å². The Morgan fingerprint density at radius 3 is 2.04 bits per heavy atom. The summed E-state index contributed by atoms with van der Waals surface area (Å²) in [6, 6.07) is 18.9. The summed E-state index contributed by atoms with van der Waals surface area (Å²) in [5.74, 6) is 1.24. The molecule has 2 atom stereocenters. The molecule has 4 rings (SSSR count). The van der Waals surface area contributed by atoms with E-state index in [0.29, 0.717) is 5.92 Å². The van der Waals surface area contributed by atoms with Gasteiger partial charge >= 0.3 is 0 Å². The van der Waals surface area contributed by atoms with Crippen LogP contribution in [0.15, 0.2) is 90.0 Å². The summed E-state index contributed by atoms with van der Waals surface area (Å²) in [5, 5.41) is 0. The van der Waals surface area contributed by atoms with Crippen molar-refractivity contribution in [1.82, 2.24) is 0 Å². The first-order chi connectivity index (χ1) is 12.6. The fraction of sp³-hybridized carbons (Fsp3) is 0.240. The molecule has 0 N–H and O–H groups in total. The van der Waals surface area contributed by atoms with Crippen molar-refractivity contribution in [3.63, 3.8) is 0 Å². The van der Waals surface area contributed by atoms with E-state index in [0.717, 1.165) is 12.2 Å². The Morgan fingerprint density at radius 1 is 0.885 bits per heavy atom. The first-order valence-corrected chi connectivity index (χ1v) is 9.34. The van der Waals surface area contributed by atoms with Gasteiger partial charge in [0.1, 0.15) is 11.9 Å². The highest BCUT2D eigenvalue weighted by Gasteiger charge is 2.41. The smallest absolute Gasteiger partial charge is 0.121 e. The highest BCUT2D eigenvalue weighted by Crippen LogP contribution is 2.53. The Bertz CT molecular complexity index is 844. The van der Waals surface area contributed by atoms with Gasteiger partial charge < -0.3 is 11.7 Å². The third-order valence-corrected chi connectivity index (χ3v) is 5.74. The summed E-state index contributed by atoms with van der Waals surface area (Å²) < 4.78 is 6.11. The lowest BCUT2D eigenvalue weighted by Crippen LogP contribution is -2.29. The molecule has 2 unspecified atom stereocenters. The van der Waals surface area contributed by atoms with Gasteiger partial charge in [0.05, 0.1) is 0 Å². The van der Waals surface area contributed by atoms with Crippen LogP contribution in [0, 0.1) is 18.3 Å². The zero-order valence-electron chi connectivity index (χ0n) is 15.5. The summed E-state index contributed by atoms with van der Waals surface area (Å²) in [6.07, 6.45) is 10.0. The largest absolute Gasteiger partial charge is 0.486 e. The van der Waals surface area contributed by atoms with Crippen LogP contribution in [0.2, 0.25) is 0 Å². The summed E-state index contributed by atoms with van der Waals surface area (Å²) >= 11 is 0. The minimum Gasteiger partial charge on any atom is -0.486 e. The Kier molecular flexibility index (Phi) is 4.32. The number of fused-ring (bicyclic) bond motifs is 2. The quantitative estimate of drug-likeness (QED) is 0.563. The molecule has 0 radical (unpaired) electrons. The van der Waals surface area contributed by atoms with E-state index in [9.17, 15) is 0 Å². The molecule has 2 aliphatic carbocycles. The molecule has 0 saturated heterocycles. The molecule has 0 aliphatic heterocycles. The van der Waals surface area contributed by atoms with E-state index in [2.05, 4.69) is 81.5 Å². The Labute approximate surface area is 156 Å². The van der Waals surface area contributed by atoms with E-state index in [1.165, 1.54) is 22.3 Å². The molecule has 132 valence electrons. The molecule has 0 aromatic heterocycles. The second-order valence-electron chi connectivity index (χ2n) is 7.44. The standard InChI is InChI=1S/C25H25O/c1-18(2)25(22-11-12-23(25)14-13-22)17-20-9-15-24(16-10-20)26-19(3)21-7-5-4-6-8-21/h4-16,18-19H,1,17H2,2-3H3/q-1. The summed E-state index contributed by atoms with van der Waals surface area (Å²) in [7, 11) is 0. The highest BCUT2D eigenvalue weighted by molar-refractivity contribution is 5.59. The Morgan fingerprint density at radius 2 is 1.50 bits per heavy atom. The summed E-state index contributed by atoms with van der Waals surface area (Å²) in [4.78, 5) is 0. The van der Waals surface area contributed by atoms with Crippen LogP contribution in [0.4, 0.5) is 0 Å². The number of hydrogen-bond donors (Lipinski definition) is 0. The lowest BCUT2D eigenvalue weighted by Gasteiger charge is -2.39. The monoisotopic (exact) mass is 341 g/mol. The molecule has 0 heterocycles. The number of benzene rings is 2. The second-order valence-corrected chi connectivity index (χ2v) is 7.44. The van der Waals surface area contributed by atoms with Crippen LogP contribution >= 0.6 is 0 Å². The maximum absolute atomic E-state index is 6.11. The van der Waals surface area contributed by atoms with Gasteiger partial charge in [0.25, 0.3) is 0 Å². The normalized spacial score (nSPS) is 19.0. The predicted octanol–water partition coefficient (Wildman–Crippen LogP) is 6.26. The maximum Gasteiger partial charge on any atom is 0.121 e. The van der Waals surface area contributed by atoms with Crippen molar-refractivity contribution >= 4 is 0 Å². The lowest BCUT2D eigenvalue weighted by molar-refractivity contribution is 0.227. The fourth-order valence-corrected chi connectivity index (χ4v) is 4.18. The first kappa shape index (κ1) is 16.9. The van der Waals surface area contributed by atoms with Crippen LogP contribution in [0.5, 0.6) is 5.75 Å². The fourth-order valence-electron chi connectivity index (χ4n) is 4.18. The van der Waals surface area contributed by atoms with Crippen molar-refractivity contribution in [1.29, 1.82) is 0 Å². The average Bonchev–Trinajstić information content (AvgIpc) is 3.19. The van der Waals surface area contributed by atoms with Gasteiger partial charge in [-0.15, -0.1) is 0 Å². The van der Waals surface area contributed by atoms with E-state index in [1.807, 2.05) is 18.2 Å². The van der Waals surface area contributed by atoms with Crippen LogP contribution in [-0.2, 0) is 6.42 Å². The zero-order valence-corrected chi connectivity index (χ0v) is 15.5. The molecule has 26 heavy (non-hydrogen) atoms. The van der Waals surface area contributed by atoms with Crippen molar-refractivity contribution in [2.75, 3.05) is 0 Å². The van der Waals surface area contributed by atoms with Gasteiger partial charge in [-0.3, -0.25) is 0 Å². The third kappa shape index (κ3) is 2.82. The number of hydrogen-bond acceptors (Lipinski definition) is 1. The van der Waals surface area contributed by atoms with Gasteiger partial charge in [-0.25, -0.2) is 0 Å². The molecule has 2 aromatic rings. The number of rotatable bonds is 6. The van der Waals surface area contributed by atoms with Gasteiger partial charge in [-0.1, -0.05) is 73.7 Å². The van der Waals surface area contributed by atoms with Gasteiger partial charge in [-0.2, -0.15) is 5.92 Å². The molecular formula is C25H25O-.